The maximum absolute atomic E-state index is 5.63. The molecule has 0 radical (unpaired) electrons. The maximum atomic E-state index is 5.63. The zero-order valence-electron chi connectivity index (χ0n) is 11.8. The smallest absolute Gasteiger partial charge is 0.118 e. The number of piperazine rings is 1. The molecule has 19 heavy (non-hydrogen) atoms. The fourth-order valence-corrected chi connectivity index (χ4v) is 3.45. The molecule has 2 atom stereocenters. The van der Waals surface area contributed by atoms with E-state index in [4.69, 9.17) is 10.2 Å². The van der Waals surface area contributed by atoms with Crippen molar-refractivity contribution in [2.45, 2.75) is 51.4 Å². The largest absolute Gasteiger partial charge is 0.468 e. The first-order valence-corrected chi connectivity index (χ1v) is 7.50. The Morgan fingerprint density at radius 2 is 2.26 bits per heavy atom. The van der Waals surface area contributed by atoms with Crippen LogP contribution < -0.4 is 5.73 Å². The Kier molecular flexibility index (Phi) is 3.91. The third-order valence-electron chi connectivity index (χ3n) is 4.62. The van der Waals surface area contributed by atoms with Gasteiger partial charge in [-0.25, -0.2) is 0 Å². The molecular weight excluding hydrogens is 238 g/mol. The van der Waals surface area contributed by atoms with Gasteiger partial charge in [-0.3, -0.25) is 9.80 Å². The molecule has 0 aromatic carbocycles. The van der Waals surface area contributed by atoms with E-state index < -0.39 is 0 Å². The molecule has 2 aliphatic rings. The Labute approximate surface area is 115 Å². The predicted molar refractivity (Wildman–Crippen MR) is 75.7 cm³/mol. The third-order valence-corrected chi connectivity index (χ3v) is 4.62. The summed E-state index contributed by atoms with van der Waals surface area (Å²) in [5.74, 6) is 1.05. The van der Waals surface area contributed by atoms with Crippen LogP contribution >= 0.6 is 0 Å². The lowest BCUT2D eigenvalue weighted by molar-refractivity contribution is 0.00806. The Hall–Kier alpha value is -0.840. The molecule has 2 aliphatic heterocycles. The summed E-state index contributed by atoms with van der Waals surface area (Å²) in [5.41, 5.74) is 6.73. The van der Waals surface area contributed by atoms with Crippen LogP contribution in [0.1, 0.15) is 37.5 Å². The van der Waals surface area contributed by atoms with Gasteiger partial charge in [0.05, 0.1) is 12.8 Å². The van der Waals surface area contributed by atoms with Gasteiger partial charge in [0.1, 0.15) is 5.76 Å². The first-order valence-electron chi connectivity index (χ1n) is 7.50. The molecule has 4 heteroatoms. The quantitative estimate of drug-likeness (QED) is 0.903. The van der Waals surface area contributed by atoms with Crippen molar-refractivity contribution in [3.05, 3.63) is 23.7 Å². The minimum absolute atomic E-state index is 0.565. The van der Waals surface area contributed by atoms with Crippen LogP contribution in [0.25, 0.3) is 0 Å². The normalized spacial score (nSPS) is 29.4. The molecule has 2 saturated heterocycles. The zero-order valence-corrected chi connectivity index (χ0v) is 11.8. The minimum atomic E-state index is 0.565. The number of nitrogens with two attached hydrogens (primary N) is 1. The molecular formula is C15H25N3O. The summed E-state index contributed by atoms with van der Waals surface area (Å²) >= 11 is 0. The lowest BCUT2D eigenvalue weighted by Crippen LogP contribution is -2.58. The molecule has 1 aromatic heterocycles. The second-order valence-electron chi connectivity index (χ2n) is 6.05. The van der Waals surface area contributed by atoms with Crippen molar-refractivity contribution in [2.24, 2.45) is 5.73 Å². The van der Waals surface area contributed by atoms with Crippen molar-refractivity contribution in [3.8, 4) is 0 Å². The van der Waals surface area contributed by atoms with Crippen LogP contribution in [0.5, 0.6) is 0 Å². The number of hydrogen-bond acceptors (Lipinski definition) is 4. The zero-order chi connectivity index (χ0) is 13.2. The predicted octanol–water partition coefficient (Wildman–Crippen LogP) is 1.80. The SMILES string of the molecule is CC1CN2CCCCC2CN1Cc1cc(CN)co1. The van der Waals surface area contributed by atoms with Gasteiger partial charge in [0.2, 0.25) is 0 Å². The number of fused-ring (bicyclic) bond motifs is 1. The molecule has 3 rings (SSSR count). The topological polar surface area (TPSA) is 45.6 Å². The molecule has 4 nitrogen and oxygen atoms in total. The van der Waals surface area contributed by atoms with Gasteiger partial charge in [-0.1, -0.05) is 6.42 Å². The first kappa shape index (κ1) is 13.2. The van der Waals surface area contributed by atoms with E-state index in [0.29, 0.717) is 12.6 Å². The van der Waals surface area contributed by atoms with E-state index in [1.165, 1.54) is 38.9 Å². The fraction of sp³-hybridized carbons (Fsp3) is 0.733. The number of hydrogen-bond donors (Lipinski definition) is 1. The van der Waals surface area contributed by atoms with Crippen molar-refractivity contribution in [2.75, 3.05) is 19.6 Å². The molecule has 2 N–H and O–H groups in total. The van der Waals surface area contributed by atoms with Crippen LogP contribution in [-0.2, 0) is 13.1 Å². The molecule has 2 fully saturated rings. The molecule has 0 amide bonds. The average Bonchev–Trinajstić information content (AvgIpc) is 2.87. The van der Waals surface area contributed by atoms with E-state index in [0.717, 1.165) is 23.9 Å². The summed E-state index contributed by atoms with van der Waals surface area (Å²) in [6.45, 7) is 7.49. The molecule has 0 bridgehead atoms. The summed E-state index contributed by atoms with van der Waals surface area (Å²) in [6.07, 6.45) is 5.91. The number of furan rings is 1. The minimum Gasteiger partial charge on any atom is -0.468 e. The van der Waals surface area contributed by atoms with E-state index in [9.17, 15) is 0 Å². The van der Waals surface area contributed by atoms with Gasteiger partial charge < -0.3 is 10.2 Å². The van der Waals surface area contributed by atoms with Crippen LogP contribution in [0.3, 0.4) is 0 Å². The van der Waals surface area contributed by atoms with Gasteiger partial charge in [0, 0.05) is 37.3 Å². The summed E-state index contributed by atoms with van der Waals surface area (Å²) in [5, 5.41) is 0. The number of piperidine rings is 1. The van der Waals surface area contributed by atoms with E-state index in [2.05, 4.69) is 22.8 Å². The van der Waals surface area contributed by atoms with E-state index in [-0.39, 0.29) is 0 Å². The molecule has 0 spiro atoms. The van der Waals surface area contributed by atoms with Crippen LogP contribution in [0.15, 0.2) is 16.7 Å². The second kappa shape index (κ2) is 5.65. The number of rotatable bonds is 3. The van der Waals surface area contributed by atoms with E-state index in [1.54, 1.807) is 6.26 Å². The van der Waals surface area contributed by atoms with Crippen molar-refractivity contribution >= 4 is 0 Å². The summed E-state index contributed by atoms with van der Waals surface area (Å²) in [7, 11) is 0. The molecule has 0 aliphatic carbocycles. The molecule has 3 heterocycles. The Balaban J connectivity index is 1.63. The van der Waals surface area contributed by atoms with Crippen molar-refractivity contribution in [3.63, 3.8) is 0 Å². The highest BCUT2D eigenvalue weighted by molar-refractivity contribution is 5.12. The highest BCUT2D eigenvalue weighted by Crippen LogP contribution is 2.25. The number of nitrogens with zero attached hydrogens (tertiary/aromatic N) is 2. The summed E-state index contributed by atoms with van der Waals surface area (Å²) in [4.78, 5) is 5.24. The fourth-order valence-electron chi connectivity index (χ4n) is 3.45. The van der Waals surface area contributed by atoms with Crippen molar-refractivity contribution in [1.29, 1.82) is 0 Å². The van der Waals surface area contributed by atoms with Gasteiger partial charge in [-0.05, 0) is 32.4 Å². The lowest BCUT2D eigenvalue weighted by atomic mass is 9.97. The Morgan fingerprint density at radius 3 is 3.05 bits per heavy atom. The molecule has 2 unspecified atom stereocenters. The standard InChI is InChI=1S/C15H25N3O/c1-12-8-17-5-3-2-4-14(17)9-18(12)10-15-6-13(7-16)11-19-15/h6,11-12,14H,2-5,7-10,16H2,1H3. The van der Waals surface area contributed by atoms with Crippen LogP contribution in [0.2, 0.25) is 0 Å². The second-order valence-corrected chi connectivity index (χ2v) is 6.05. The van der Waals surface area contributed by atoms with Crippen molar-refractivity contribution < 1.29 is 4.42 Å². The monoisotopic (exact) mass is 263 g/mol. The first-order chi connectivity index (χ1) is 9.26. The van der Waals surface area contributed by atoms with E-state index >= 15 is 0 Å². The maximum Gasteiger partial charge on any atom is 0.118 e. The third kappa shape index (κ3) is 2.86. The van der Waals surface area contributed by atoms with Crippen LogP contribution in [-0.4, -0.2) is 41.5 Å². The van der Waals surface area contributed by atoms with Gasteiger partial charge in [0.15, 0.2) is 0 Å². The van der Waals surface area contributed by atoms with Gasteiger partial charge >= 0.3 is 0 Å². The van der Waals surface area contributed by atoms with Gasteiger partial charge in [-0.2, -0.15) is 0 Å². The Bertz CT molecular complexity index is 417. The highest BCUT2D eigenvalue weighted by atomic mass is 16.3. The summed E-state index contributed by atoms with van der Waals surface area (Å²) in [6, 6.07) is 3.47. The lowest BCUT2D eigenvalue weighted by Gasteiger charge is -2.47. The molecule has 1 aromatic rings. The van der Waals surface area contributed by atoms with Gasteiger partial charge in [0.25, 0.3) is 0 Å². The van der Waals surface area contributed by atoms with Crippen LogP contribution in [0.4, 0.5) is 0 Å². The van der Waals surface area contributed by atoms with Crippen molar-refractivity contribution in [1.82, 2.24) is 9.80 Å². The van der Waals surface area contributed by atoms with Gasteiger partial charge in [-0.15, -0.1) is 0 Å². The highest BCUT2D eigenvalue weighted by Gasteiger charge is 2.33. The molecule has 106 valence electrons. The summed E-state index contributed by atoms with van der Waals surface area (Å²) < 4.78 is 5.61. The van der Waals surface area contributed by atoms with Crippen LogP contribution in [0, 0.1) is 0 Å². The average molecular weight is 263 g/mol. The van der Waals surface area contributed by atoms with E-state index in [1.807, 2.05) is 0 Å². The molecule has 0 saturated carbocycles. The Morgan fingerprint density at radius 1 is 1.37 bits per heavy atom.